The van der Waals surface area contributed by atoms with Crippen molar-refractivity contribution in [1.29, 1.82) is 0 Å². The average Bonchev–Trinajstić information content (AvgIpc) is 3.69. The van der Waals surface area contributed by atoms with Gasteiger partial charge in [-0.25, -0.2) is 0 Å². The Morgan fingerprint density at radius 2 is 0.795 bits per heavy atom. The molecule has 0 radical (unpaired) electrons. The number of allylic oxidation sites excluding steroid dienone is 5. The minimum atomic E-state index is -1.98. The third-order valence-corrected chi connectivity index (χ3v) is 16.4. The summed E-state index contributed by atoms with van der Waals surface area (Å²) in [6.07, 6.45) is 26.2. The van der Waals surface area contributed by atoms with Gasteiger partial charge in [0.05, 0.1) is 38.6 Å². The lowest BCUT2D eigenvalue weighted by atomic mass is 9.96. The van der Waals surface area contributed by atoms with E-state index in [1.165, 1.54) is 141 Å². The van der Waals surface area contributed by atoms with Crippen LogP contribution in [0.25, 0.3) is 0 Å². The highest BCUT2D eigenvalue weighted by atomic mass is 16.8. The van der Waals surface area contributed by atoms with Gasteiger partial charge in [-0.05, 0) is 51.4 Å². The molecule has 3 rings (SSSR count). The van der Waals surface area contributed by atoms with E-state index in [2.05, 4.69) is 43.5 Å². The lowest BCUT2D eigenvalue weighted by molar-refractivity contribution is -0.379. The van der Waals surface area contributed by atoms with Gasteiger partial charge in [-0.3, -0.25) is 4.79 Å². The van der Waals surface area contributed by atoms with E-state index in [1.807, 2.05) is 6.08 Å². The van der Waals surface area contributed by atoms with Crippen LogP contribution in [0.1, 0.15) is 232 Å². The summed E-state index contributed by atoms with van der Waals surface area (Å²) in [4.78, 5) is 13.3. The standard InChI is InChI=1S/C64H117NO18/c1-3-5-7-9-11-12-13-14-15-16-17-18-19-20-21-22-23-24-25-26-27-28-29-30-31-32-33-34-36-38-40-42-52(70)65-47(48(69)41-39-37-35-10-8-6-4-2)46-78-62-58(76)55(73)60(50(44-67)80-62)83-64-59(77)56(74)61(51(45-68)81-64)82-63-57(75)54(72)53(71)49(43-66)79-63/h13-14,16-17,39,41,47-51,53-64,66-69,71-77H,3-12,15,18-38,40,42-46H2,1-2H3,(H,65,70)/b14-13-,17-16-,41-39+. The first-order valence-electron chi connectivity index (χ1n) is 32.7. The summed E-state index contributed by atoms with van der Waals surface area (Å²) in [5, 5.41) is 120. The molecule has 3 saturated heterocycles. The number of carbonyl (C=O) groups excluding carboxylic acids is 1. The number of carbonyl (C=O) groups is 1. The number of rotatable bonds is 49. The summed E-state index contributed by atoms with van der Waals surface area (Å²) >= 11 is 0. The second-order valence-corrected chi connectivity index (χ2v) is 23.6. The molecule has 0 spiro atoms. The van der Waals surface area contributed by atoms with Gasteiger partial charge in [0.25, 0.3) is 0 Å². The Bertz CT molecular complexity index is 1660. The fourth-order valence-corrected chi connectivity index (χ4v) is 11.0. The fourth-order valence-electron chi connectivity index (χ4n) is 11.0. The van der Waals surface area contributed by atoms with Crippen LogP contribution in [-0.2, 0) is 33.2 Å². The van der Waals surface area contributed by atoms with Crippen molar-refractivity contribution in [2.45, 2.75) is 336 Å². The highest BCUT2D eigenvalue weighted by Gasteiger charge is 2.53. The minimum absolute atomic E-state index is 0.245. The van der Waals surface area contributed by atoms with Crippen LogP contribution in [0.5, 0.6) is 0 Å². The van der Waals surface area contributed by atoms with Crippen LogP contribution in [-0.4, -0.2) is 193 Å². The van der Waals surface area contributed by atoms with E-state index in [4.69, 9.17) is 28.4 Å². The highest BCUT2D eigenvalue weighted by molar-refractivity contribution is 5.76. The van der Waals surface area contributed by atoms with Crippen LogP contribution < -0.4 is 5.32 Å². The predicted molar refractivity (Wildman–Crippen MR) is 319 cm³/mol. The normalized spacial score (nSPS) is 29.6. The van der Waals surface area contributed by atoms with Crippen molar-refractivity contribution in [3.05, 3.63) is 36.5 Å². The van der Waals surface area contributed by atoms with Crippen molar-refractivity contribution in [2.24, 2.45) is 0 Å². The van der Waals surface area contributed by atoms with Gasteiger partial charge in [-0.2, -0.15) is 0 Å². The molecule has 0 bridgehead atoms. The number of hydrogen-bond acceptors (Lipinski definition) is 18. The Morgan fingerprint density at radius 3 is 1.23 bits per heavy atom. The molecule has 12 N–H and O–H groups in total. The van der Waals surface area contributed by atoms with Crippen molar-refractivity contribution in [2.75, 3.05) is 26.4 Å². The smallest absolute Gasteiger partial charge is 0.220 e. The number of ether oxygens (including phenoxy) is 6. The zero-order valence-corrected chi connectivity index (χ0v) is 50.9. The van der Waals surface area contributed by atoms with E-state index in [0.717, 1.165) is 64.2 Å². The summed E-state index contributed by atoms with van der Waals surface area (Å²) in [5.74, 6) is -0.278. The fraction of sp³-hybridized carbons (Fsp3) is 0.891. The van der Waals surface area contributed by atoms with Crippen LogP contribution in [0.4, 0.5) is 0 Å². The Morgan fingerprint density at radius 1 is 0.434 bits per heavy atom. The maximum atomic E-state index is 13.3. The molecule has 17 unspecified atom stereocenters. The minimum Gasteiger partial charge on any atom is -0.394 e. The molecule has 3 aliphatic rings. The molecular weight excluding hydrogens is 1070 g/mol. The molecule has 83 heavy (non-hydrogen) atoms. The van der Waals surface area contributed by atoms with Gasteiger partial charge in [0.15, 0.2) is 18.9 Å². The number of amides is 1. The van der Waals surface area contributed by atoms with Crippen molar-refractivity contribution < 1.29 is 89.4 Å². The van der Waals surface area contributed by atoms with Gasteiger partial charge in [0.1, 0.15) is 73.2 Å². The molecule has 3 aliphatic heterocycles. The molecule has 3 fully saturated rings. The molecule has 0 aliphatic carbocycles. The van der Waals surface area contributed by atoms with Gasteiger partial charge in [-0.1, -0.05) is 211 Å². The molecule has 0 aromatic carbocycles. The molecule has 1 amide bonds. The lowest BCUT2D eigenvalue weighted by Gasteiger charge is -2.48. The first-order chi connectivity index (χ1) is 40.3. The number of nitrogens with one attached hydrogen (secondary N) is 1. The summed E-state index contributed by atoms with van der Waals surface area (Å²) in [6, 6.07) is -0.968. The van der Waals surface area contributed by atoms with E-state index in [1.54, 1.807) is 6.08 Å². The van der Waals surface area contributed by atoms with Crippen molar-refractivity contribution in [1.82, 2.24) is 5.32 Å². The average molecular weight is 1190 g/mol. The van der Waals surface area contributed by atoms with Gasteiger partial charge in [-0.15, -0.1) is 0 Å². The maximum absolute atomic E-state index is 13.3. The van der Waals surface area contributed by atoms with Crippen molar-refractivity contribution in [3.8, 4) is 0 Å². The monoisotopic (exact) mass is 1190 g/mol. The zero-order chi connectivity index (χ0) is 60.5. The van der Waals surface area contributed by atoms with E-state index >= 15 is 0 Å². The maximum Gasteiger partial charge on any atom is 0.220 e. The van der Waals surface area contributed by atoms with Crippen LogP contribution in [0, 0.1) is 0 Å². The molecule has 19 nitrogen and oxygen atoms in total. The Hall–Kier alpha value is -1.99. The summed E-state index contributed by atoms with van der Waals surface area (Å²) in [5.41, 5.74) is 0. The second kappa shape index (κ2) is 47.1. The first kappa shape index (κ1) is 75.3. The summed E-state index contributed by atoms with van der Waals surface area (Å²) < 4.78 is 34.2. The number of unbranched alkanes of at least 4 members (excludes halogenated alkanes) is 29. The van der Waals surface area contributed by atoms with Gasteiger partial charge < -0.3 is 89.9 Å². The molecule has 0 saturated carbocycles. The molecule has 486 valence electrons. The summed E-state index contributed by atoms with van der Waals surface area (Å²) in [6.45, 7) is 1.64. The molecule has 19 heteroatoms. The highest BCUT2D eigenvalue weighted by Crippen LogP contribution is 2.33. The van der Waals surface area contributed by atoms with Crippen molar-refractivity contribution in [3.63, 3.8) is 0 Å². The largest absolute Gasteiger partial charge is 0.394 e. The van der Waals surface area contributed by atoms with E-state index in [9.17, 15) is 61.0 Å². The number of hydrogen-bond donors (Lipinski definition) is 12. The van der Waals surface area contributed by atoms with Crippen LogP contribution in [0.15, 0.2) is 36.5 Å². The van der Waals surface area contributed by atoms with E-state index in [0.29, 0.717) is 6.42 Å². The number of aliphatic hydroxyl groups excluding tert-OH is 11. The van der Waals surface area contributed by atoms with Crippen LogP contribution >= 0.6 is 0 Å². The van der Waals surface area contributed by atoms with Gasteiger partial charge in [0, 0.05) is 6.42 Å². The molecule has 0 aromatic heterocycles. The molecule has 3 heterocycles. The Balaban J connectivity index is 1.32. The number of aliphatic hydroxyl groups is 11. The molecular formula is C64H117NO18. The van der Waals surface area contributed by atoms with Crippen LogP contribution in [0.2, 0.25) is 0 Å². The van der Waals surface area contributed by atoms with Crippen LogP contribution in [0.3, 0.4) is 0 Å². The summed E-state index contributed by atoms with van der Waals surface area (Å²) in [7, 11) is 0. The SMILES string of the molecule is CCCCCCC/C=C\C/C=C\CCCCCCCCCCCCCCCCCCCCCC(=O)NC(COC1OC(CO)C(OC2OC(CO)C(OC3OC(CO)C(O)C(O)C3O)C(O)C2O)C(O)C1O)C(O)/C=C/CCCCCCC. The third kappa shape index (κ3) is 30.2. The molecule has 17 atom stereocenters. The van der Waals surface area contributed by atoms with Crippen molar-refractivity contribution >= 4 is 5.91 Å². The lowest BCUT2D eigenvalue weighted by Crippen LogP contribution is -2.66. The zero-order valence-electron chi connectivity index (χ0n) is 50.9. The topological polar surface area (TPSA) is 307 Å². The van der Waals surface area contributed by atoms with E-state index in [-0.39, 0.29) is 18.9 Å². The van der Waals surface area contributed by atoms with E-state index < -0.39 is 124 Å². The van der Waals surface area contributed by atoms with Gasteiger partial charge in [0.2, 0.25) is 5.91 Å². The first-order valence-corrected chi connectivity index (χ1v) is 32.7. The second-order valence-electron chi connectivity index (χ2n) is 23.6. The Labute approximate surface area is 498 Å². The predicted octanol–water partition coefficient (Wildman–Crippen LogP) is 7.27. The third-order valence-electron chi connectivity index (χ3n) is 16.4. The quantitative estimate of drug-likeness (QED) is 0.0211. The van der Waals surface area contributed by atoms with Gasteiger partial charge >= 0.3 is 0 Å². The molecule has 0 aromatic rings. The Kier molecular flexibility index (Phi) is 42.7.